The highest BCUT2D eigenvalue weighted by atomic mass is 35.5. The number of nitrogens with zero attached hydrogens (tertiary/aromatic N) is 4. The van der Waals surface area contributed by atoms with Crippen molar-refractivity contribution in [3.05, 3.63) is 59.4 Å². The molecule has 0 fully saturated rings. The normalized spacial score (nSPS) is 11.1. The number of carbonyl (C=O) groups excluding carboxylic acids is 1. The van der Waals surface area contributed by atoms with Crippen molar-refractivity contribution in [1.82, 2.24) is 15.0 Å². The summed E-state index contributed by atoms with van der Waals surface area (Å²) in [7, 11) is 0. The highest BCUT2D eigenvalue weighted by molar-refractivity contribution is 7.22. The molecular formula is C18H13ClN4OS. The van der Waals surface area contributed by atoms with Gasteiger partial charge in [-0.25, -0.2) is 9.97 Å². The third kappa shape index (κ3) is 2.94. The first-order chi connectivity index (χ1) is 12.2. The van der Waals surface area contributed by atoms with E-state index in [4.69, 9.17) is 11.6 Å². The first kappa shape index (κ1) is 15.9. The quantitative estimate of drug-likeness (QED) is 0.532. The number of amides is 1. The average Bonchev–Trinajstić information content (AvgIpc) is 3.04. The molecule has 0 spiro atoms. The zero-order chi connectivity index (χ0) is 17.4. The number of rotatable bonds is 3. The minimum absolute atomic E-state index is 0.217. The maximum atomic E-state index is 12.9. The van der Waals surface area contributed by atoms with Crippen molar-refractivity contribution in [2.45, 2.75) is 6.92 Å². The molecule has 2 aromatic carbocycles. The Hall–Kier alpha value is -2.57. The Kier molecular flexibility index (Phi) is 4.07. The summed E-state index contributed by atoms with van der Waals surface area (Å²) < 4.78 is 0.982. The summed E-state index contributed by atoms with van der Waals surface area (Å²) in [5, 5.41) is 1.25. The van der Waals surface area contributed by atoms with Gasteiger partial charge in [0.1, 0.15) is 5.69 Å². The molecule has 2 heterocycles. The van der Waals surface area contributed by atoms with Gasteiger partial charge in [0.2, 0.25) is 0 Å². The van der Waals surface area contributed by atoms with Crippen LogP contribution in [-0.4, -0.2) is 27.4 Å². The van der Waals surface area contributed by atoms with Crippen LogP contribution in [0.3, 0.4) is 0 Å². The molecule has 7 heteroatoms. The lowest BCUT2D eigenvalue weighted by atomic mass is 10.3. The lowest BCUT2D eigenvalue weighted by Crippen LogP contribution is -2.31. The van der Waals surface area contributed by atoms with E-state index in [9.17, 15) is 4.79 Å². The second-order valence-electron chi connectivity index (χ2n) is 5.40. The molecule has 0 aliphatic heterocycles. The van der Waals surface area contributed by atoms with E-state index in [1.165, 1.54) is 17.5 Å². The molecule has 2 aromatic heterocycles. The zero-order valence-electron chi connectivity index (χ0n) is 13.3. The topological polar surface area (TPSA) is 59.0 Å². The lowest BCUT2D eigenvalue weighted by Gasteiger charge is -2.16. The number of hydrogen-bond acceptors (Lipinski definition) is 5. The molecule has 4 rings (SSSR count). The molecule has 0 aliphatic rings. The molecule has 4 aromatic rings. The number of halogens is 1. The molecule has 0 atom stereocenters. The summed E-state index contributed by atoms with van der Waals surface area (Å²) in [6.45, 7) is 2.40. The van der Waals surface area contributed by atoms with Gasteiger partial charge in [0.05, 0.1) is 27.4 Å². The summed E-state index contributed by atoms with van der Waals surface area (Å²) in [6, 6.07) is 13.0. The number of aromatic nitrogens is 3. The van der Waals surface area contributed by atoms with Crippen LogP contribution in [0.1, 0.15) is 17.4 Å². The molecule has 124 valence electrons. The summed E-state index contributed by atoms with van der Waals surface area (Å²) in [6.07, 6.45) is 1.51. The van der Waals surface area contributed by atoms with Gasteiger partial charge in [0.25, 0.3) is 5.91 Å². The molecule has 0 saturated heterocycles. The van der Waals surface area contributed by atoms with Crippen LogP contribution >= 0.6 is 22.9 Å². The number of thiazole rings is 1. The maximum absolute atomic E-state index is 12.9. The van der Waals surface area contributed by atoms with Crippen LogP contribution < -0.4 is 4.90 Å². The number of fused-ring (bicyclic) bond motifs is 2. The Bertz CT molecular complexity index is 1090. The molecule has 0 saturated carbocycles. The van der Waals surface area contributed by atoms with Crippen molar-refractivity contribution in [3.8, 4) is 0 Å². The van der Waals surface area contributed by atoms with E-state index < -0.39 is 0 Å². The van der Waals surface area contributed by atoms with Gasteiger partial charge in [-0.1, -0.05) is 35.1 Å². The molecule has 25 heavy (non-hydrogen) atoms. The van der Waals surface area contributed by atoms with E-state index in [0.29, 0.717) is 27.9 Å². The number of para-hydroxylation sites is 2. The molecule has 0 aliphatic carbocycles. The summed E-state index contributed by atoms with van der Waals surface area (Å²) in [5.41, 5.74) is 2.54. The number of carbonyl (C=O) groups is 1. The first-order valence-corrected chi connectivity index (χ1v) is 8.95. The summed E-state index contributed by atoms with van der Waals surface area (Å²) in [5.74, 6) is -0.217. The van der Waals surface area contributed by atoms with E-state index in [1.54, 1.807) is 11.0 Å². The van der Waals surface area contributed by atoms with Crippen molar-refractivity contribution in [2.24, 2.45) is 0 Å². The van der Waals surface area contributed by atoms with Crippen molar-refractivity contribution in [3.63, 3.8) is 0 Å². The van der Waals surface area contributed by atoms with E-state index in [2.05, 4.69) is 15.0 Å². The van der Waals surface area contributed by atoms with Crippen molar-refractivity contribution in [2.75, 3.05) is 11.4 Å². The molecule has 0 N–H and O–H groups in total. The van der Waals surface area contributed by atoms with E-state index in [-0.39, 0.29) is 5.91 Å². The van der Waals surface area contributed by atoms with Gasteiger partial charge < -0.3 is 0 Å². The standard InChI is InChI=1S/C18H13ClN4OS/c1-2-23(18-22-14-9-11(19)7-8-16(14)25-18)17(24)15-10-20-12-5-3-4-6-13(12)21-15/h3-10H,2H2,1H3. The fourth-order valence-corrected chi connectivity index (χ4v) is 3.74. The lowest BCUT2D eigenvalue weighted by molar-refractivity contribution is 0.0983. The van der Waals surface area contributed by atoms with Crippen LogP contribution in [0.15, 0.2) is 48.7 Å². The Labute approximate surface area is 152 Å². The molecule has 0 radical (unpaired) electrons. The predicted molar refractivity (Wildman–Crippen MR) is 102 cm³/mol. The fraction of sp³-hybridized carbons (Fsp3) is 0.111. The largest absolute Gasteiger partial charge is 0.283 e. The van der Waals surface area contributed by atoms with Crippen LogP contribution in [0.2, 0.25) is 5.02 Å². The Morgan fingerprint density at radius 3 is 2.72 bits per heavy atom. The van der Waals surface area contributed by atoms with Crippen molar-refractivity contribution in [1.29, 1.82) is 0 Å². The van der Waals surface area contributed by atoms with Crippen molar-refractivity contribution < 1.29 is 4.79 Å². The third-order valence-electron chi connectivity index (χ3n) is 3.80. The Morgan fingerprint density at radius 2 is 1.92 bits per heavy atom. The Balaban J connectivity index is 1.74. The van der Waals surface area contributed by atoms with E-state index >= 15 is 0 Å². The maximum Gasteiger partial charge on any atom is 0.280 e. The smallest absolute Gasteiger partial charge is 0.280 e. The van der Waals surface area contributed by atoms with Crippen LogP contribution in [0, 0.1) is 0 Å². The molecule has 0 unspecified atom stereocenters. The van der Waals surface area contributed by atoms with Gasteiger partial charge in [-0.3, -0.25) is 14.7 Å². The highest BCUT2D eigenvalue weighted by Gasteiger charge is 2.21. The number of hydrogen-bond donors (Lipinski definition) is 0. The van der Waals surface area contributed by atoms with Gasteiger partial charge in [-0.15, -0.1) is 0 Å². The monoisotopic (exact) mass is 368 g/mol. The van der Waals surface area contributed by atoms with Gasteiger partial charge in [0.15, 0.2) is 5.13 Å². The number of benzene rings is 2. The van der Waals surface area contributed by atoms with Gasteiger partial charge in [-0.05, 0) is 37.3 Å². The van der Waals surface area contributed by atoms with Crippen LogP contribution in [0.4, 0.5) is 5.13 Å². The highest BCUT2D eigenvalue weighted by Crippen LogP contribution is 2.31. The van der Waals surface area contributed by atoms with Crippen LogP contribution in [0.5, 0.6) is 0 Å². The second-order valence-corrected chi connectivity index (χ2v) is 6.85. The molecular weight excluding hydrogens is 356 g/mol. The fourth-order valence-electron chi connectivity index (χ4n) is 2.57. The van der Waals surface area contributed by atoms with Gasteiger partial charge in [0, 0.05) is 11.6 Å². The van der Waals surface area contributed by atoms with Gasteiger partial charge >= 0.3 is 0 Å². The molecule has 0 bridgehead atoms. The van der Waals surface area contributed by atoms with E-state index in [0.717, 1.165) is 15.7 Å². The van der Waals surface area contributed by atoms with Gasteiger partial charge in [-0.2, -0.15) is 0 Å². The van der Waals surface area contributed by atoms with Crippen molar-refractivity contribution >= 4 is 55.2 Å². The SMILES string of the molecule is CCN(C(=O)c1cnc2ccccc2n1)c1nc2cc(Cl)ccc2s1. The molecule has 1 amide bonds. The predicted octanol–water partition coefficient (Wildman–Crippen LogP) is 4.56. The average molecular weight is 369 g/mol. The minimum atomic E-state index is -0.217. The second kappa shape index (κ2) is 6.38. The van der Waals surface area contributed by atoms with E-state index in [1.807, 2.05) is 43.3 Å². The zero-order valence-corrected chi connectivity index (χ0v) is 14.9. The van der Waals surface area contributed by atoms with Crippen LogP contribution in [-0.2, 0) is 0 Å². The third-order valence-corrected chi connectivity index (χ3v) is 5.09. The number of anilines is 1. The Morgan fingerprint density at radius 1 is 1.12 bits per heavy atom. The molecule has 5 nitrogen and oxygen atoms in total. The first-order valence-electron chi connectivity index (χ1n) is 7.75. The minimum Gasteiger partial charge on any atom is -0.283 e. The van der Waals surface area contributed by atoms with Crippen LogP contribution in [0.25, 0.3) is 21.3 Å². The summed E-state index contributed by atoms with van der Waals surface area (Å²) >= 11 is 7.47. The summed E-state index contributed by atoms with van der Waals surface area (Å²) in [4.78, 5) is 27.8.